The lowest BCUT2D eigenvalue weighted by molar-refractivity contribution is -0.153. The quantitative estimate of drug-likeness (QED) is 0.0337. The van der Waals surface area contributed by atoms with Crippen LogP contribution < -0.4 is 0 Å². The fourth-order valence-corrected chi connectivity index (χ4v) is 9.12. The third-order valence-electron chi connectivity index (χ3n) is 10.6. The van der Waals surface area contributed by atoms with Crippen LogP contribution in [0, 0.1) is 13.8 Å². The number of hydrogen-bond acceptors (Lipinski definition) is 18. The van der Waals surface area contributed by atoms with Gasteiger partial charge in [-0.2, -0.15) is 0 Å². The number of aromatic nitrogens is 6. The Morgan fingerprint density at radius 3 is 1.37 bits per heavy atom. The number of carboxylic acid groups (broad SMARTS) is 1. The molecule has 0 aliphatic carbocycles. The summed E-state index contributed by atoms with van der Waals surface area (Å²) in [7, 11) is 0. The van der Waals surface area contributed by atoms with Gasteiger partial charge in [0.1, 0.15) is 23.7 Å². The Balaban J connectivity index is 0.000000276. The number of imidazole rings is 2. The lowest BCUT2D eigenvalue weighted by Crippen LogP contribution is -2.17. The van der Waals surface area contributed by atoms with Crippen molar-refractivity contribution in [1.29, 1.82) is 0 Å². The van der Waals surface area contributed by atoms with Gasteiger partial charge >= 0.3 is 29.7 Å². The standard InChI is InChI=1S/C25H24Br2N4O5.C20H16Br2N4O2.C5H9ClO3.C3H8O.C2H2Cl2O2/c1-14(2)36-25(33)35-13-34-22(32)8-7-20-24-29-12-15(3)31(24)21-11-18(27)17(26)10-16(21)23(30-20)19-6-4-5-9-28-19;1-11-10-24-20-16(5-6-18(27)28)25-19(15-4-2-3-7-23-15)12-8-13(21)14(22)9-17(12)26(11)20;1-4(2)9-5(7)8-3-6;1-3(2)4;3-1-6-2(4)5/h4-6,9-12,14,20H,7-8,13H2,1-3H3;2-4,7-10,16H,5-6H2,1H3,(H,27,28);4H,3H2,1-2H3;3-4H,1-2H3;1H2/t20-;16-;;;/m00.../s1. The molecule has 2 aliphatic rings. The summed E-state index contributed by atoms with van der Waals surface area (Å²) < 4.78 is 35.1. The van der Waals surface area contributed by atoms with Crippen molar-refractivity contribution in [1.82, 2.24) is 29.1 Å². The maximum atomic E-state index is 12.4. The van der Waals surface area contributed by atoms with Crippen molar-refractivity contribution in [3.05, 3.63) is 149 Å². The number of rotatable bonds is 14. The number of carboxylic acids is 1. The molecule has 2 N–H and O–H groups in total. The monoisotopic (exact) mass is 1460 g/mol. The molecule has 0 amide bonds. The van der Waals surface area contributed by atoms with Crippen LogP contribution in [0.4, 0.5) is 14.4 Å². The molecule has 0 fully saturated rings. The molecule has 2 aliphatic heterocycles. The van der Waals surface area contributed by atoms with E-state index >= 15 is 0 Å². The van der Waals surface area contributed by atoms with Crippen molar-refractivity contribution in [2.24, 2.45) is 9.98 Å². The van der Waals surface area contributed by atoms with Gasteiger partial charge in [-0.05, 0) is 180 Å². The summed E-state index contributed by atoms with van der Waals surface area (Å²) >= 11 is 29.0. The molecule has 6 aromatic rings. The molecule has 28 heteroatoms. The number of benzene rings is 2. The molecule has 0 saturated carbocycles. The van der Waals surface area contributed by atoms with Crippen molar-refractivity contribution in [2.75, 3.05) is 18.9 Å². The van der Waals surface area contributed by atoms with Gasteiger partial charge in [0, 0.05) is 95.7 Å². The fourth-order valence-electron chi connectivity index (χ4n) is 7.47. The molecule has 2 atom stereocenters. The van der Waals surface area contributed by atoms with Crippen LogP contribution in [0.5, 0.6) is 0 Å². The Morgan fingerprint density at radius 1 is 0.602 bits per heavy atom. The molecule has 446 valence electrons. The molecule has 0 unspecified atom stereocenters. The third-order valence-corrected chi connectivity index (χ3v) is 14.7. The van der Waals surface area contributed by atoms with Gasteiger partial charge in [-0.1, -0.05) is 35.3 Å². The first-order valence-electron chi connectivity index (χ1n) is 25.1. The van der Waals surface area contributed by atoms with Gasteiger partial charge in [-0.3, -0.25) is 38.7 Å². The second kappa shape index (κ2) is 34.8. The minimum atomic E-state index is -0.890. The number of aliphatic imine (C=N–C) groups is 2. The zero-order valence-corrected chi connectivity index (χ0v) is 54.6. The third kappa shape index (κ3) is 22.0. The molecule has 0 bridgehead atoms. The molecular weight excluding hydrogens is 1410 g/mol. The molecule has 2 aromatic carbocycles. The number of aliphatic hydroxyl groups excluding tert-OH is 1. The van der Waals surface area contributed by atoms with Gasteiger partial charge in [-0.15, -0.1) is 0 Å². The minimum absolute atomic E-state index is 0.0132. The lowest BCUT2D eigenvalue weighted by Gasteiger charge is -2.15. The molecule has 0 radical (unpaired) electrons. The first-order chi connectivity index (χ1) is 39.4. The fraction of sp³-hybridized carbons (Fsp3) is 0.364. The summed E-state index contributed by atoms with van der Waals surface area (Å²) in [5.74, 6) is 0.0688. The number of carbonyl (C=O) groups is 5. The normalized spacial score (nSPS) is 13.4. The molecule has 21 nitrogen and oxygen atoms in total. The van der Waals surface area contributed by atoms with E-state index in [1.54, 1.807) is 66.3 Å². The average Bonchev–Trinajstić information content (AvgIpc) is 3.40. The van der Waals surface area contributed by atoms with E-state index in [0.29, 0.717) is 30.1 Å². The van der Waals surface area contributed by atoms with Gasteiger partial charge in [0.05, 0.1) is 46.4 Å². The highest BCUT2D eigenvalue weighted by Gasteiger charge is 2.31. The van der Waals surface area contributed by atoms with Crippen molar-refractivity contribution in [2.45, 2.75) is 111 Å². The van der Waals surface area contributed by atoms with Crippen molar-refractivity contribution in [3.63, 3.8) is 0 Å². The van der Waals surface area contributed by atoms with Crippen LogP contribution in [0.3, 0.4) is 0 Å². The largest absolute Gasteiger partial charge is 0.511 e. The van der Waals surface area contributed by atoms with Crippen LogP contribution in [0.1, 0.15) is 125 Å². The Bertz CT molecular complexity index is 3220. The van der Waals surface area contributed by atoms with Crippen molar-refractivity contribution < 1.29 is 62.6 Å². The summed E-state index contributed by atoms with van der Waals surface area (Å²) in [5.41, 5.74) is 7.52. The van der Waals surface area contributed by atoms with E-state index in [2.05, 4.69) is 114 Å². The van der Waals surface area contributed by atoms with E-state index in [-0.39, 0.29) is 49.3 Å². The zero-order valence-electron chi connectivity index (χ0n) is 46.0. The lowest BCUT2D eigenvalue weighted by atomic mass is 10.0. The molecule has 0 saturated heterocycles. The van der Waals surface area contributed by atoms with Crippen LogP contribution in [-0.2, 0) is 38.0 Å². The Labute approximate surface area is 528 Å². The molecule has 0 spiro atoms. The van der Waals surface area contributed by atoms with Gasteiger partial charge in [0.25, 0.3) is 0 Å². The van der Waals surface area contributed by atoms with Crippen LogP contribution >= 0.6 is 98.5 Å². The number of hydrogen-bond donors (Lipinski definition) is 2. The van der Waals surface area contributed by atoms with Crippen LogP contribution in [0.15, 0.2) is 113 Å². The number of halogens is 7. The zero-order chi connectivity index (χ0) is 61.5. The molecule has 83 heavy (non-hydrogen) atoms. The van der Waals surface area contributed by atoms with Crippen molar-refractivity contribution >= 4 is 140 Å². The predicted octanol–water partition coefficient (Wildman–Crippen LogP) is 14.4. The van der Waals surface area contributed by atoms with Crippen LogP contribution in [-0.4, -0.2) is 118 Å². The number of aryl methyl sites for hydroxylation is 2. The molecular formula is C55H59Br4Cl3N8O13. The summed E-state index contributed by atoms with van der Waals surface area (Å²) in [6.07, 6.45) is 5.52. The number of pyridine rings is 2. The van der Waals surface area contributed by atoms with E-state index in [0.717, 1.165) is 69.0 Å². The average molecular weight is 1470 g/mol. The van der Waals surface area contributed by atoms with E-state index in [1.165, 1.54) is 0 Å². The topological polar surface area (TPSA) is 267 Å². The van der Waals surface area contributed by atoms with Crippen LogP contribution in [0.2, 0.25) is 0 Å². The van der Waals surface area contributed by atoms with E-state index in [9.17, 15) is 29.1 Å². The smallest absolute Gasteiger partial charge is 0.481 e. The highest BCUT2D eigenvalue weighted by Crippen LogP contribution is 2.39. The van der Waals surface area contributed by atoms with Gasteiger partial charge < -0.3 is 38.6 Å². The summed E-state index contributed by atoms with van der Waals surface area (Å²) in [4.78, 5) is 83.1. The van der Waals surface area contributed by atoms with Gasteiger partial charge in [0.15, 0.2) is 12.1 Å². The highest BCUT2D eigenvalue weighted by molar-refractivity contribution is 9.13. The summed E-state index contributed by atoms with van der Waals surface area (Å²) in [5, 5.41) is 17.3. The van der Waals surface area contributed by atoms with E-state index in [1.807, 2.05) is 79.1 Å². The van der Waals surface area contributed by atoms with Gasteiger partial charge in [0.2, 0.25) is 6.79 Å². The Kier molecular flexibility index (Phi) is 29.3. The van der Waals surface area contributed by atoms with Gasteiger partial charge in [-0.25, -0.2) is 24.4 Å². The Hall–Kier alpha value is -5.80. The number of ether oxygens (including phenoxy) is 6. The summed E-state index contributed by atoms with van der Waals surface area (Å²) in [6.45, 7) is 13.7. The number of alkyl halides is 2. The van der Waals surface area contributed by atoms with E-state index in [4.69, 9.17) is 52.5 Å². The highest BCUT2D eigenvalue weighted by atomic mass is 79.9. The predicted molar refractivity (Wildman–Crippen MR) is 326 cm³/mol. The second-order valence-electron chi connectivity index (χ2n) is 18.1. The SMILES string of the molecule is CC(C)O.CC(C)OC(=O)OCCl.Cc1cnc2n1-c1cc(Br)c(Br)cc1C(c1ccccn1)=N[C@H]2CCC(=O)O.Cc1cnc2n1-c1cc(Br)c(Br)cc1C(c1ccccn1)=N[C@H]2CCC(=O)OCOC(=O)OC(C)C.O=C(Cl)OCCl. The van der Waals surface area contributed by atoms with Crippen LogP contribution in [0.25, 0.3) is 11.4 Å². The maximum Gasteiger partial charge on any atom is 0.511 e. The number of nitrogens with zero attached hydrogens (tertiary/aromatic N) is 8. The molecule has 6 heterocycles. The number of esters is 1. The molecule has 4 aromatic heterocycles. The van der Waals surface area contributed by atoms with E-state index < -0.39 is 42.5 Å². The Morgan fingerprint density at radius 2 is 1.01 bits per heavy atom. The molecule has 8 rings (SSSR count). The van der Waals surface area contributed by atoms with Crippen molar-refractivity contribution in [3.8, 4) is 11.4 Å². The number of fused-ring (bicyclic) bond motifs is 6. The first-order valence-corrected chi connectivity index (χ1v) is 29.7. The second-order valence-corrected chi connectivity index (χ2v) is 22.3. The minimum Gasteiger partial charge on any atom is -0.481 e. The number of carbonyl (C=O) groups excluding carboxylic acids is 4. The summed E-state index contributed by atoms with van der Waals surface area (Å²) in [6, 6.07) is 18.2. The number of aliphatic carboxylic acids is 1. The number of aliphatic hydroxyl groups is 1. The maximum absolute atomic E-state index is 12.4. The first kappa shape index (κ1) is 69.7.